The first-order chi connectivity index (χ1) is 21.7. The van der Waals surface area contributed by atoms with Crippen LogP contribution in [0, 0.1) is 10.1 Å². The standard InChI is InChI=1S/C33H36N4O7S/c1-44-29-18-16-28(17-19-29)33(26-10-4-2-5-11-26,27-12-6-3-7-13-27)34-21-24-36(23-20-32(38)39)25-22-35-45(42,43)31-15-9-8-14-30(31)37(40)41/h2-19,34-35H,20-25H2,1H3,(H,38,39). The van der Waals surface area contributed by atoms with Gasteiger partial charge < -0.3 is 14.7 Å². The van der Waals surface area contributed by atoms with Gasteiger partial charge in [0.05, 0.1) is 24.0 Å². The monoisotopic (exact) mass is 632 g/mol. The smallest absolute Gasteiger partial charge is 0.304 e. The zero-order valence-corrected chi connectivity index (χ0v) is 25.7. The van der Waals surface area contributed by atoms with Crippen molar-refractivity contribution >= 4 is 21.7 Å². The Morgan fingerprint density at radius 3 is 1.91 bits per heavy atom. The lowest BCUT2D eigenvalue weighted by Gasteiger charge is -2.38. The fourth-order valence-corrected chi connectivity index (χ4v) is 6.46. The van der Waals surface area contributed by atoms with E-state index < -0.39 is 37.0 Å². The molecule has 0 aliphatic heterocycles. The summed E-state index contributed by atoms with van der Waals surface area (Å²) < 4.78 is 33.7. The largest absolute Gasteiger partial charge is 0.497 e. The number of carboxylic acids is 1. The molecular weight excluding hydrogens is 596 g/mol. The van der Waals surface area contributed by atoms with Crippen LogP contribution in [0.15, 0.2) is 114 Å². The Balaban J connectivity index is 1.57. The predicted octanol–water partition coefficient (Wildman–Crippen LogP) is 4.24. The quantitative estimate of drug-likeness (QED) is 0.0882. The Hall–Kier alpha value is -4.62. The molecule has 0 fully saturated rings. The second-order valence-electron chi connectivity index (χ2n) is 10.2. The number of nitrogens with one attached hydrogen (secondary N) is 2. The molecule has 0 amide bonds. The molecule has 0 atom stereocenters. The molecule has 45 heavy (non-hydrogen) atoms. The first kappa shape index (κ1) is 33.3. The predicted molar refractivity (Wildman–Crippen MR) is 171 cm³/mol. The molecule has 4 aromatic rings. The maximum Gasteiger partial charge on any atom is 0.304 e. The average molecular weight is 633 g/mol. The van der Waals surface area contributed by atoms with Crippen molar-refractivity contribution in [1.29, 1.82) is 0 Å². The number of carbonyl (C=O) groups is 1. The van der Waals surface area contributed by atoms with E-state index in [-0.39, 0.29) is 26.1 Å². The number of methoxy groups -OCH3 is 1. The number of para-hydroxylation sites is 1. The number of hydrogen-bond donors (Lipinski definition) is 3. The Labute approximate surface area is 262 Å². The van der Waals surface area contributed by atoms with Crippen molar-refractivity contribution < 1.29 is 28.0 Å². The summed E-state index contributed by atoms with van der Waals surface area (Å²) in [6.45, 7) is 1.08. The van der Waals surface area contributed by atoms with Crippen LogP contribution in [0.25, 0.3) is 0 Å². The normalized spacial score (nSPS) is 11.8. The van der Waals surface area contributed by atoms with Gasteiger partial charge in [-0.2, -0.15) is 0 Å². The van der Waals surface area contributed by atoms with Crippen LogP contribution in [-0.4, -0.2) is 69.2 Å². The van der Waals surface area contributed by atoms with Crippen molar-refractivity contribution in [2.45, 2.75) is 16.9 Å². The minimum absolute atomic E-state index is 0.0744. The summed E-state index contributed by atoms with van der Waals surface area (Å²) in [7, 11) is -2.57. The molecule has 0 aromatic heterocycles. The molecule has 0 aliphatic carbocycles. The summed E-state index contributed by atoms with van der Waals surface area (Å²) in [5.41, 5.74) is 1.66. The molecular formula is C33H36N4O7S. The van der Waals surface area contributed by atoms with E-state index in [4.69, 9.17) is 4.74 Å². The summed E-state index contributed by atoms with van der Waals surface area (Å²) in [6.07, 6.45) is -0.141. The van der Waals surface area contributed by atoms with Crippen LogP contribution in [-0.2, 0) is 20.4 Å². The van der Waals surface area contributed by atoms with Gasteiger partial charge >= 0.3 is 5.97 Å². The van der Waals surface area contributed by atoms with Crippen molar-refractivity contribution in [3.8, 4) is 5.75 Å². The number of aliphatic carboxylic acids is 1. The molecule has 0 spiro atoms. The van der Waals surface area contributed by atoms with Gasteiger partial charge in [0.25, 0.3) is 5.69 Å². The lowest BCUT2D eigenvalue weighted by molar-refractivity contribution is -0.387. The average Bonchev–Trinajstić information content (AvgIpc) is 3.06. The van der Waals surface area contributed by atoms with Crippen LogP contribution >= 0.6 is 0 Å². The van der Waals surface area contributed by atoms with Gasteiger partial charge in [-0.25, -0.2) is 13.1 Å². The molecule has 0 radical (unpaired) electrons. The van der Waals surface area contributed by atoms with Gasteiger partial charge in [0.15, 0.2) is 4.90 Å². The second kappa shape index (κ2) is 15.4. The Kier molecular flexibility index (Phi) is 11.4. The van der Waals surface area contributed by atoms with Gasteiger partial charge in [0.1, 0.15) is 5.75 Å². The van der Waals surface area contributed by atoms with Crippen LogP contribution < -0.4 is 14.8 Å². The fourth-order valence-electron chi connectivity index (χ4n) is 5.27. The molecule has 0 saturated carbocycles. The number of nitro groups is 1. The molecule has 12 heteroatoms. The highest BCUT2D eigenvalue weighted by Gasteiger charge is 2.36. The third-order valence-corrected chi connectivity index (χ3v) is 8.98. The molecule has 236 valence electrons. The molecule has 4 rings (SSSR count). The van der Waals surface area contributed by atoms with E-state index in [1.807, 2.05) is 89.8 Å². The fraction of sp³-hybridized carbons (Fsp3) is 0.242. The highest BCUT2D eigenvalue weighted by Crippen LogP contribution is 2.37. The molecule has 4 aromatic carbocycles. The molecule has 0 heterocycles. The summed E-state index contributed by atoms with van der Waals surface area (Å²) in [5, 5.41) is 24.5. The van der Waals surface area contributed by atoms with Gasteiger partial charge in [-0.1, -0.05) is 84.9 Å². The zero-order chi connectivity index (χ0) is 32.3. The number of rotatable bonds is 17. The van der Waals surface area contributed by atoms with Gasteiger partial charge in [0.2, 0.25) is 10.0 Å². The second-order valence-corrected chi connectivity index (χ2v) is 12.0. The Morgan fingerprint density at radius 1 is 0.822 bits per heavy atom. The van der Waals surface area contributed by atoms with Crippen LogP contribution in [0.4, 0.5) is 5.69 Å². The van der Waals surface area contributed by atoms with Gasteiger partial charge in [0, 0.05) is 38.8 Å². The van der Waals surface area contributed by atoms with Crippen LogP contribution in [0.2, 0.25) is 0 Å². The van der Waals surface area contributed by atoms with Crippen molar-refractivity contribution in [2.24, 2.45) is 0 Å². The van der Waals surface area contributed by atoms with Crippen molar-refractivity contribution in [3.63, 3.8) is 0 Å². The number of nitro benzene ring substituents is 1. The van der Waals surface area contributed by atoms with Gasteiger partial charge in [-0.15, -0.1) is 0 Å². The van der Waals surface area contributed by atoms with Crippen LogP contribution in [0.1, 0.15) is 23.1 Å². The highest BCUT2D eigenvalue weighted by atomic mass is 32.2. The Morgan fingerprint density at radius 2 is 1.36 bits per heavy atom. The van der Waals surface area contributed by atoms with Gasteiger partial charge in [-0.05, 0) is 34.9 Å². The molecule has 0 unspecified atom stereocenters. The van der Waals surface area contributed by atoms with E-state index in [0.29, 0.717) is 13.1 Å². The van der Waals surface area contributed by atoms with Crippen molar-refractivity contribution in [2.75, 3.05) is 39.8 Å². The lowest BCUT2D eigenvalue weighted by atomic mass is 9.77. The minimum Gasteiger partial charge on any atom is -0.497 e. The van der Waals surface area contributed by atoms with E-state index in [1.165, 1.54) is 18.2 Å². The van der Waals surface area contributed by atoms with Crippen molar-refractivity contribution in [3.05, 3.63) is 136 Å². The van der Waals surface area contributed by atoms with Crippen molar-refractivity contribution in [1.82, 2.24) is 14.9 Å². The Bertz CT molecular complexity index is 1630. The molecule has 0 saturated heterocycles. The number of hydrogen-bond acceptors (Lipinski definition) is 8. The maximum absolute atomic E-state index is 12.9. The van der Waals surface area contributed by atoms with Crippen LogP contribution in [0.3, 0.4) is 0 Å². The third kappa shape index (κ3) is 8.31. The maximum atomic E-state index is 12.9. The van der Waals surface area contributed by atoms with E-state index in [1.54, 1.807) is 7.11 Å². The minimum atomic E-state index is -4.18. The van der Waals surface area contributed by atoms with E-state index in [0.717, 1.165) is 28.5 Å². The summed E-state index contributed by atoms with van der Waals surface area (Å²) in [6, 6.07) is 32.9. The van der Waals surface area contributed by atoms with Gasteiger partial charge in [-0.3, -0.25) is 20.2 Å². The highest BCUT2D eigenvalue weighted by molar-refractivity contribution is 7.89. The topological polar surface area (TPSA) is 151 Å². The number of nitrogens with zero attached hydrogens (tertiary/aromatic N) is 2. The number of ether oxygens (including phenoxy) is 1. The molecule has 3 N–H and O–H groups in total. The molecule has 0 bridgehead atoms. The number of sulfonamides is 1. The van der Waals surface area contributed by atoms with E-state index in [2.05, 4.69) is 10.0 Å². The summed E-state index contributed by atoms with van der Waals surface area (Å²) in [4.78, 5) is 23.5. The first-order valence-electron chi connectivity index (χ1n) is 14.3. The van der Waals surface area contributed by atoms with Crippen LogP contribution in [0.5, 0.6) is 5.75 Å². The number of carboxylic acid groups (broad SMARTS) is 1. The zero-order valence-electron chi connectivity index (χ0n) is 24.8. The SMILES string of the molecule is COc1ccc(C(NCCN(CCNS(=O)(=O)c2ccccc2[N+](=O)[O-])CCC(=O)O)(c2ccccc2)c2ccccc2)cc1. The number of benzene rings is 4. The third-order valence-electron chi connectivity index (χ3n) is 7.47. The first-order valence-corrected chi connectivity index (χ1v) is 15.8. The summed E-state index contributed by atoms with van der Waals surface area (Å²) in [5.74, 6) is -0.258. The molecule has 11 nitrogen and oxygen atoms in total. The lowest BCUT2D eigenvalue weighted by Crippen LogP contribution is -2.48. The van der Waals surface area contributed by atoms with E-state index >= 15 is 0 Å². The summed E-state index contributed by atoms with van der Waals surface area (Å²) >= 11 is 0. The molecule has 0 aliphatic rings. The van der Waals surface area contributed by atoms with E-state index in [9.17, 15) is 28.4 Å².